The molecule has 28 heavy (non-hydrogen) atoms. The molecule has 0 aromatic heterocycles. The van der Waals surface area contributed by atoms with Crippen LogP contribution in [-0.2, 0) is 30.4 Å². The van der Waals surface area contributed by atoms with E-state index in [-0.39, 0.29) is 18.1 Å². The third kappa shape index (κ3) is 4.76. The number of benzene rings is 2. The number of hydrogen-bond acceptors (Lipinski definition) is 6. The molecule has 0 unspecified atom stereocenters. The molecular weight excluding hydrogens is 360 g/mol. The highest BCUT2D eigenvalue weighted by atomic mass is 16.6. The van der Waals surface area contributed by atoms with E-state index in [2.05, 4.69) is 10.6 Å². The van der Waals surface area contributed by atoms with Crippen LogP contribution in [0.1, 0.15) is 12.5 Å². The van der Waals surface area contributed by atoms with Gasteiger partial charge in [-0.2, -0.15) is 0 Å². The maximum absolute atomic E-state index is 12.4. The number of para-hydroxylation sites is 1. The van der Waals surface area contributed by atoms with Crippen molar-refractivity contribution in [3.63, 3.8) is 0 Å². The Morgan fingerprint density at radius 2 is 1.71 bits per heavy atom. The summed E-state index contributed by atoms with van der Waals surface area (Å²) >= 11 is 0. The molecule has 0 aliphatic carbocycles. The van der Waals surface area contributed by atoms with Gasteiger partial charge in [0, 0.05) is 12.2 Å². The number of carbonyl (C=O) groups is 3. The minimum atomic E-state index is -1.06. The van der Waals surface area contributed by atoms with E-state index in [1.165, 1.54) is 6.92 Å². The van der Waals surface area contributed by atoms with Gasteiger partial charge in [0.15, 0.2) is 18.3 Å². The number of amides is 1. The van der Waals surface area contributed by atoms with Crippen LogP contribution in [0.5, 0.6) is 0 Å². The van der Waals surface area contributed by atoms with Crippen molar-refractivity contribution in [2.45, 2.75) is 19.6 Å². The van der Waals surface area contributed by atoms with Gasteiger partial charge in [0.1, 0.15) is 0 Å². The monoisotopic (exact) mass is 380 g/mol. The van der Waals surface area contributed by atoms with E-state index < -0.39 is 23.8 Å². The summed E-state index contributed by atoms with van der Waals surface area (Å²) in [5.41, 5.74) is 1.35. The zero-order valence-corrected chi connectivity index (χ0v) is 15.3. The summed E-state index contributed by atoms with van der Waals surface area (Å²) in [6.45, 7) is 1.50. The Labute approximate surface area is 162 Å². The van der Waals surface area contributed by atoms with Crippen molar-refractivity contribution >= 4 is 23.3 Å². The number of rotatable bonds is 7. The molecule has 1 aliphatic heterocycles. The summed E-state index contributed by atoms with van der Waals surface area (Å²) in [6, 6.07) is 18.3. The Morgan fingerprint density at radius 1 is 1.07 bits per heavy atom. The number of carbonyl (C=O) groups excluding carboxylic acids is 3. The van der Waals surface area contributed by atoms with Gasteiger partial charge in [-0.05, 0) is 24.6 Å². The molecule has 7 heteroatoms. The molecule has 1 aliphatic rings. The van der Waals surface area contributed by atoms with Gasteiger partial charge in [-0.3, -0.25) is 9.59 Å². The molecule has 7 nitrogen and oxygen atoms in total. The highest BCUT2D eigenvalue weighted by molar-refractivity contribution is 6.20. The van der Waals surface area contributed by atoms with Crippen LogP contribution in [0.3, 0.4) is 0 Å². The van der Waals surface area contributed by atoms with E-state index in [4.69, 9.17) is 9.47 Å². The molecular formula is C21H20N2O5. The molecule has 0 bridgehead atoms. The van der Waals surface area contributed by atoms with Crippen LogP contribution in [0.15, 0.2) is 72.1 Å². The lowest BCUT2D eigenvalue weighted by Gasteiger charge is -2.14. The average molecular weight is 380 g/mol. The summed E-state index contributed by atoms with van der Waals surface area (Å²) < 4.78 is 10.4. The van der Waals surface area contributed by atoms with Crippen molar-refractivity contribution in [1.29, 1.82) is 0 Å². The zero-order valence-electron chi connectivity index (χ0n) is 15.3. The molecule has 1 atom stereocenters. The minimum absolute atomic E-state index is 0.0260. The Kier molecular flexibility index (Phi) is 6.06. The molecule has 2 aromatic rings. The van der Waals surface area contributed by atoms with Crippen LogP contribution >= 0.6 is 0 Å². The molecule has 2 N–H and O–H groups in total. The van der Waals surface area contributed by atoms with Gasteiger partial charge in [0.2, 0.25) is 11.7 Å². The Morgan fingerprint density at radius 3 is 2.39 bits per heavy atom. The largest absolute Gasteiger partial charge is 0.470 e. The molecule has 1 amide bonds. The van der Waals surface area contributed by atoms with Gasteiger partial charge in [-0.1, -0.05) is 48.5 Å². The van der Waals surface area contributed by atoms with Crippen LogP contribution in [0.4, 0.5) is 5.69 Å². The lowest BCUT2D eigenvalue weighted by Crippen LogP contribution is -2.36. The lowest BCUT2D eigenvalue weighted by molar-refractivity contribution is -0.151. The number of hydrogen-bond donors (Lipinski definition) is 2. The quantitative estimate of drug-likeness (QED) is 0.565. The third-order valence-corrected chi connectivity index (χ3v) is 4.05. The van der Waals surface area contributed by atoms with Gasteiger partial charge in [0.05, 0.1) is 0 Å². The summed E-state index contributed by atoms with van der Waals surface area (Å²) in [5.74, 6) is -1.83. The number of Topliss-reactive ketones (excluding diaryl/α,β-unsaturated/α-hetero) is 1. The second kappa shape index (κ2) is 8.85. The first-order valence-electron chi connectivity index (χ1n) is 8.79. The van der Waals surface area contributed by atoms with E-state index >= 15 is 0 Å². The van der Waals surface area contributed by atoms with E-state index in [1.807, 2.05) is 36.4 Å². The first-order valence-corrected chi connectivity index (χ1v) is 8.79. The molecule has 0 radical (unpaired) electrons. The maximum atomic E-state index is 12.4. The second-order valence-electron chi connectivity index (χ2n) is 6.16. The fourth-order valence-corrected chi connectivity index (χ4v) is 2.57. The Hall–Kier alpha value is -3.61. The average Bonchev–Trinajstić information content (AvgIpc) is 3.07. The fraction of sp³-hybridized carbons (Fsp3) is 0.190. The van der Waals surface area contributed by atoms with Crippen molar-refractivity contribution in [2.75, 3.05) is 11.9 Å². The van der Waals surface area contributed by atoms with Crippen LogP contribution in [-0.4, -0.2) is 30.4 Å². The number of ketones is 1. The van der Waals surface area contributed by atoms with Crippen LogP contribution in [0.25, 0.3) is 0 Å². The van der Waals surface area contributed by atoms with E-state index in [0.29, 0.717) is 12.2 Å². The van der Waals surface area contributed by atoms with Gasteiger partial charge in [-0.15, -0.1) is 0 Å². The second-order valence-corrected chi connectivity index (χ2v) is 6.16. The van der Waals surface area contributed by atoms with Gasteiger partial charge < -0.3 is 20.1 Å². The summed E-state index contributed by atoms with van der Waals surface area (Å²) in [7, 11) is 0. The lowest BCUT2D eigenvalue weighted by atomic mass is 10.2. The van der Waals surface area contributed by atoms with Crippen LogP contribution < -0.4 is 10.6 Å². The predicted octanol–water partition coefficient (Wildman–Crippen LogP) is 2.16. The summed E-state index contributed by atoms with van der Waals surface area (Å²) in [5, 5.41) is 5.58. The Bertz CT molecular complexity index is 894. The third-order valence-electron chi connectivity index (χ3n) is 4.05. The summed E-state index contributed by atoms with van der Waals surface area (Å²) in [6.07, 6.45) is -1.06. The molecule has 3 rings (SSSR count). The topological polar surface area (TPSA) is 93.7 Å². The maximum Gasteiger partial charge on any atom is 0.348 e. The number of esters is 1. The van der Waals surface area contributed by atoms with Gasteiger partial charge >= 0.3 is 5.97 Å². The molecule has 0 spiro atoms. The van der Waals surface area contributed by atoms with Crippen molar-refractivity contribution in [3.05, 3.63) is 77.7 Å². The first-order chi connectivity index (χ1) is 13.5. The van der Waals surface area contributed by atoms with Gasteiger partial charge in [0.25, 0.3) is 5.91 Å². The van der Waals surface area contributed by atoms with E-state index in [1.54, 1.807) is 24.3 Å². The number of nitrogens with one attached hydrogen (secondary N) is 2. The molecule has 1 heterocycles. The smallest absolute Gasteiger partial charge is 0.348 e. The zero-order chi connectivity index (χ0) is 19.9. The van der Waals surface area contributed by atoms with Crippen molar-refractivity contribution < 1.29 is 23.9 Å². The number of anilines is 1. The molecule has 2 aromatic carbocycles. The molecule has 0 saturated carbocycles. The standard InChI is InChI=1S/C21H20N2O5/c1-14(19(25)22-12-15-8-4-2-5-9-15)28-21(26)18-17(24)13-27-20(18)23-16-10-6-3-7-11-16/h2-11,14,23H,12-13H2,1H3,(H,22,25)/t14-/m0/s1. The van der Waals surface area contributed by atoms with Crippen molar-refractivity contribution in [1.82, 2.24) is 5.32 Å². The van der Waals surface area contributed by atoms with Crippen LogP contribution in [0.2, 0.25) is 0 Å². The molecule has 144 valence electrons. The van der Waals surface area contributed by atoms with E-state index in [9.17, 15) is 14.4 Å². The highest BCUT2D eigenvalue weighted by Crippen LogP contribution is 2.21. The van der Waals surface area contributed by atoms with Crippen LogP contribution in [0, 0.1) is 0 Å². The SMILES string of the molecule is C[C@H](OC(=O)C1=C(Nc2ccccc2)OCC1=O)C(=O)NCc1ccccc1. The first kappa shape index (κ1) is 19.2. The minimum Gasteiger partial charge on any atom is -0.470 e. The van der Waals surface area contributed by atoms with E-state index in [0.717, 1.165) is 5.56 Å². The molecule has 0 saturated heterocycles. The fourth-order valence-electron chi connectivity index (χ4n) is 2.57. The van der Waals surface area contributed by atoms with Gasteiger partial charge in [-0.25, -0.2) is 4.79 Å². The molecule has 0 fully saturated rings. The van der Waals surface area contributed by atoms with Crippen molar-refractivity contribution in [3.8, 4) is 0 Å². The van der Waals surface area contributed by atoms with Crippen molar-refractivity contribution in [2.24, 2.45) is 0 Å². The number of ether oxygens (including phenoxy) is 2. The summed E-state index contributed by atoms with van der Waals surface area (Å²) in [4.78, 5) is 36.7. The normalized spacial score (nSPS) is 14.2. The highest BCUT2D eigenvalue weighted by Gasteiger charge is 2.34. The predicted molar refractivity (Wildman–Crippen MR) is 102 cm³/mol. The Balaban J connectivity index is 1.62.